The third kappa shape index (κ3) is 2.63. The smallest absolute Gasteiger partial charge is 0.243 e. The predicted molar refractivity (Wildman–Crippen MR) is 74.1 cm³/mol. The Kier molecular flexibility index (Phi) is 3.90. The second-order valence-electron chi connectivity index (χ2n) is 4.57. The maximum atomic E-state index is 12.5. The number of nitrogens with zero attached hydrogens (tertiary/aromatic N) is 1. The van der Waals surface area contributed by atoms with E-state index in [0.29, 0.717) is 15.7 Å². The molecule has 1 fully saturated rings. The number of benzene rings is 1. The molecule has 8 heteroatoms. The van der Waals surface area contributed by atoms with Crippen molar-refractivity contribution in [3.8, 4) is 0 Å². The summed E-state index contributed by atoms with van der Waals surface area (Å²) in [5, 5.41) is 18.9. The fraction of sp³-hybridized carbons (Fsp3) is 0.455. The van der Waals surface area contributed by atoms with Crippen LogP contribution in [-0.4, -0.2) is 48.2 Å². The molecule has 1 aliphatic heterocycles. The number of rotatable bonds is 2. The third-order valence-electron chi connectivity index (χ3n) is 3.21. The summed E-state index contributed by atoms with van der Waals surface area (Å²) in [7, 11) is -3.78. The van der Waals surface area contributed by atoms with Gasteiger partial charge in [-0.25, -0.2) is 8.42 Å². The van der Waals surface area contributed by atoms with E-state index in [1.165, 1.54) is 6.07 Å². The lowest BCUT2D eigenvalue weighted by Crippen LogP contribution is -2.30. The molecule has 0 aliphatic carbocycles. The Labute approximate surface area is 120 Å². The summed E-state index contributed by atoms with van der Waals surface area (Å²) in [6.07, 6.45) is -2.11. The molecule has 1 aliphatic rings. The Morgan fingerprint density at radius 2 is 1.84 bits per heavy atom. The number of aliphatic hydroxyl groups is 2. The largest absolute Gasteiger partial charge is 0.398 e. The first-order valence-electron chi connectivity index (χ1n) is 5.65. The van der Waals surface area contributed by atoms with Gasteiger partial charge < -0.3 is 15.9 Å². The van der Waals surface area contributed by atoms with E-state index in [1.54, 1.807) is 13.0 Å². The van der Waals surface area contributed by atoms with E-state index in [9.17, 15) is 18.6 Å². The van der Waals surface area contributed by atoms with Crippen LogP contribution in [0.1, 0.15) is 5.56 Å². The molecular formula is C11H15BrN2O4S. The number of hydrogen-bond acceptors (Lipinski definition) is 5. The Hall–Kier alpha value is -0.670. The first kappa shape index (κ1) is 14.7. The minimum atomic E-state index is -3.78. The van der Waals surface area contributed by atoms with Crippen molar-refractivity contribution >= 4 is 31.6 Å². The normalized spacial score (nSPS) is 24.8. The van der Waals surface area contributed by atoms with Crippen LogP contribution >= 0.6 is 15.9 Å². The van der Waals surface area contributed by atoms with Crippen LogP contribution in [0.25, 0.3) is 0 Å². The van der Waals surface area contributed by atoms with Crippen LogP contribution in [0.15, 0.2) is 21.5 Å². The summed E-state index contributed by atoms with van der Waals surface area (Å²) < 4.78 is 26.6. The van der Waals surface area contributed by atoms with Crippen LogP contribution in [0.4, 0.5) is 5.69 Å². The lowest BCUT2D eigenvalue weighted by molar-refractivity contribution is 0.0572. The summed E-state index contributed by atoms with van der Waals surface area (Å²) >= 11 is 3.21. The van der Waals surface area contributed by atoms with Gasteiger partial charge in [0.05, 0.1) is 17.1 Å². The van der Waals surface area contributed by atoms with Gasteiger partial charge in [0.2, 0.25) is 10.0 Å². The van der Waals surface area contributed by atoms with Crippen LogP contribution in [-0.2, 0) is 10.0 Å². The number of nitrogen functional groups attached to an aromatic ring is 1. The number of hydrogen-bond donors (Lipinski definition) is 3. The van der Waals surface area contributed by atoms with Gasteiger partial charge in [-0.1, -0.05) is 15.9 Å². The molecule has 0 aromatic heterocycles. The van der Waals surface area contributed by atoms with E-state index in [4.69, 9.17) is 5.73 Å². The molecule has 1 saturated heterocycles. The molecule has 1 aromatic carbocycles. The highest BCUT2D eigenvalue weighted by Crippen LogP contribution is 2.30. The molecule has 0 radical (unpaired) electrons. The SMILES string of the molecule is Cc1c(N)cc(Br)cc1S(=O)(=O)N1C[C@@H](O)[C@@H](O)C1. The minimum Gasteiger partial charge on any atom is -0.398 e. The molecule has 4 N–H and O–H groups in total. The maximum Gasteiger partial charge on any atom is 0.243 e. The van der Waals surface area contributed by atoms with Crippen LogP contribution in [0.2, 0.25) is 0 Å². The molecule has 6 nitrogen and oxygen atoms in total. The molecular weight excluding hydrogens is 336 g/mol. The Morgan fingerprint density at radius 3 is 2.37 bits per heavy atom. The number of aliphatic hydroxyl groups excluding tert-OH is 2. The Morgan fingerprint density at radius 1 is 1.32 bits per heavy atom. The van der Waals surface area contributed by atoms with Crippen molar-refractivity contribution in [1.82, 2.24) is 4.31 Å². The standard InChI is InChI=1S/C11H15BrN2O4S/c1-6-8(13)2-7(12)3-11(6)19(17,18)14-4-9(15)10(16)5-14/h2-3,9-10,15-16H,4-5,13H2,1H3/t9-,10+. The van der Waals surface area contributed by atoms with Crippen molar-refractivity contribution in [2.75, 3.05) is 18.8 Å². The summed E-state index contributed by atoms with van der Waals surface area (Å²) in [6, 6.07) is 3.10. The highest BCUT2D eigenvalue weighted by atomic mass is 79.9. The van der Waals surface area contributed by atoms with Gasteiger partial charge in [-0.3, -0.25) is 0 Å². The van der Waals surface area contributed by atoms with E-state index < -0.39 is 22.2 Å². The second kappa shape index (κ2) is 5.02. The van der Waals surface area contributed by atoms with E-state index >= 15 is 0 Å². The first-order chi connectivity index (χ1) is 8.73. The monoisotopic (exact) mass is 350 g/mol. The van der Waals surface area contributed by atoms with E-state index in [2.05, 4.69) is 15.9 Å². The van der Waals surface area contributed by atoms with Gasteiger partial charge >= 0.3 is 0 Å². The maximum absolute atomic E-state index is 12.5. The molecule has 2 atom stereocenters. The van der Waals surface area contributed by atoms with Gasteiger partial charge in [-0.15, -0.1) is 0 Å². The van der Waals surface area contributed by atoms with Crippen molar-refractivity contribution in [2.45, 2.75) is 24.0 Å². The molecule has 106 valence electrons. The zero-order valence-electron chi connectivity index (χ0n) is 10.2. The average molecular weight is 351 g/mol. The molecule has 0 bridgehead atoms. The van der Waals surface area contributed by atoms with Gasteiger partial charge in [-0.05, 0) is 24.6 Å². The molecule has 1 heterocycles. The highest BCUT2D eigenvalue weighted by Gasteiger charge is 2.38. The highest BCUT2D eigenvalue weighted by molar-refractivity contribution is 9.10. The van der Waals surface area contributed by atoms with Gasteiger partial charge in [0.15, 0.2) is 0 Å². The van der Waals surface area contributed by atoms with Gasteiger partial charge in [0.1, 0.15) is 0 Å². The van der Waals surface area contributed by atoms with Crippen molar-refractivity contribution in [1.29, 1.82) is 0 Å². The summed E-state index contributed by atoms with van der Waals surface area (Å²) in [5.41, 5.74) is 6.59. The lowest BCUT2D eigenvalue weighted by atomic mass is 10.2. The van der Waals surface area contributed by atoms with Gasteiger partial charge in [0, 0.05) is 23.2 Å². The number of nitrogens with two attached hydrogens (primary N) is 1. The number of anilines is 1. The van der Waals surface area contributed by atoms with Gasteiger partial charge in [0.25, 0.3) is 0 Å². The van der Waals surface area contributed by atoms with Crippen LogP contribution in [0.5, 0.6) is 0 Å². The molecule has 0 unspecified atom stereocenters. The van der Waals surface area contributed by atoms with Crippen molar-refractivity contribution < 1.29 is 18.6 Å². The first-order valence-corrected chi connectivity index (χ1v) is 7.88. The molecule has 0 amide bonds. The van der Waals surface area contributed by atoms with Crippen LogP contribution in [0, 0.1) is 6.92 Å². The predicted octanol–water partition coefficient (Wildman–Crippen LogP) is 0.0658. The van der Waals surface area contributed by atoms with Crippen molar-refractivity contribution in [3.63, 3.8) is 0 Å². The quantitative estimate of drug-likeness (QED) is 0.654. The summed E-state index contributed by atoms with van der Waals surface area (Å²) in [4.78, 5) is 0.0840. The average Bonchev–Trinajstić information content (AvgIpc) is 2.65. The van der Waals surface area contributed by atoms with Crippen molar-refractivity contribution in [2.24, 2.45) is 0 Å². The zero-order valence-corrected chi connectivity index (χ0v) is 12.6. The topological polar surface area (TPSA) is 104 Å². The molecule has 0 spiro atoms. The fourth-order valence-corrected chi connectivity index (χ4v) is 4.40. The van der Waals surface area contributed by atoms with E-state index in [0.717, 1.165) is 4.31 Å². The number of sulfonamides is 1. The van der Waals surface area contributed by atoms with E-state index in [1.807, 2.05) is 0 Å². The summed E-state index contributed by atoms with van der Waals surface area (Å²) in [6.45, 7) is 1.39. The Balaban J connectivity index is 2.46. The summed E-state index contributed by atoms with van der Waals surface area (Å²) in [5.74, 6) is 0. The van der Waals surface area contributed by atoms with Crippen LogP contribution < -0.4 is 5.73 Å². The Bertz CT molecular complexity index is 595. The minimum absolute atomic E-state index is 0.0840. The fourth-order valence-electron chi connectivity index (χ4n) is 2.01. The molecule has 0 saturated carbocycles. The van der Waals surface area contributed by atoms with E-state index in [-0.39, 0.29) is 18.0 Å². The molecule has 2 rings (SSSR count). The van der Waals surface area contributed by atoms with Crippen molar-refractivity contribution in [3.05, 3.63) is 22.2 Å². The second-order valence-corrected chi connectivity index (χ2v) is 7.40. The van der Waals surface area contributed by atoms with Crippen LogP contribution in [0.3, 0.4) is 0 Å². The number of halogens is 1. The number of β-amino-alcohol motifs (C(OH)–C–C–N with tert-alkyl or cyclic N) is 2. The zero-order chi connectivity index (χ0) is 14.4. The molecule has 19 heavy (non-hydrogen) atoms. The molecule has 1 aromatic rings. The lowest BCUT2D eigenvalue weighted by Gasteiger charge is -2.18. The third-order valence-corrected chi connectivity index (χ3v) is 5.62. The van der Waals surface area contributed by atoms with Gasteiger partial charge in [-0.2, -0.15) is 4.31 Å².